The van der Waals surface area contributed by atoms with E-state index < -0.39 is 5.63 Å². The molecule has 2 amide bonds. The Labute approximate surface area is 157 Å². The molecule has 2 heterocycles. The molecule has 0 atom stereocenters. The van der Waals surface area contributed by atoms with Gasteiger partial charge in [-0.15, -0.1) is 11.3 Å². The van der Waals surface area contributed by atoms with Crippen LogP contribution in [0.2, 0.25) is 0 Å². The molecule has 0 aliphatic heterocycles. The maximum Gasteiger partial charge on any atom is 0.346 e. The van der Waals surface area contributed by atoms with Crippen LogP contribution in [0.15, 0.2) is 21.3 Å². The van der Waals surface area contributed by atoms with Gasteiger partial charge in [0.2, 0.25) is 0 Å². The number of urea groups is 1. The van der Waals surface area contributed by atoms with Crippen molar-refractivity contribution in [2.24, 2.45) is 5.92 Å². The minimum Gasteiger partial charge on any atom is -0.421 e. The molecular formula is C19H26N2O4S. The second-order valence-electron chi connectivity index (χ2n) is 6.39. The summed E-state index contributed by atoms with van der Waals surface area (Å²) in [7, 11) is 1.68. The third-order valence-corrected chi connectivity index (χ3v) is 5.68. The summed E-state index contributed by atoms with van der Waals surface area (Å²) in [6.07, 6.45) is 4.76. The minimum atomic E-state index is -0.662. The molecule has 1 aliphatic carbocycles. The van der Waals surface area contributed by atoms with E-state index in [0.717, 1.165) is 31.6 Å². The maximum atomic E-state index is 12.4. The highest BCUT2D eigenvalue weighted by Gasteiger charge is 2.22. The van der Waals surface area contributed by atoms with Crippen molar-refractivity contribution < 1.29 is 14.0 Å². The van der Waals surface area contributed by atoms with E-state index in [9.17, 15) is 14.4 Å². The van der Waals surface area contributed by atoms with Crippen molar-refractivity contribution in [2.75, 3.05) is 11.9 Å². The van der Waals surface area contributed by atoms with Gasteiger partial charge in [0.15, 0.2) is 11.9 Å². The molecule has 0 bridgehead atoms. The summed E-state index contributed by atoms with van der Waals surface area (Å²) in [5, 5.41) is 3.73. The summed E-state index contributed by atoms with van der Waals surface area (Å²) in [6.45, 7) is 6.24. The number of thiophene rings is 1. The summed E-state index contributed by atoms with van der Waals surface area (Å²) in [4.78, 5) is 36.4. The first-order chi connectivity index (χ1) is 12.5. The highest BCUT2D eigenvalue weighted by Crippen LogP contribution is 2.32. The molecule has 0 aromatic carbocycles. The van der Waals surface area contributed by atoms with Gasteiger partial charge in [-0.2, -0.15) is 0 Å². The zero-order valence-corrected chi connectivity index (χ0v) is 16.5. The average molecular weight is 378 g/mol. The standard InChI is InChI=1S/C17H20N2O4S.C2H6/c1-10-3-5-12(6-4-10)18-17(22)19(2)15-8-13-14(24-15)7-11(9-20)16(21)23-13;1-2/h7-10,12H,3-6H2,1-2H3,(H,18,22);1-2H3. The van der Waals surface area contributed by atoms with Crippen LogP contribution in [0, 0.1) is 5.92 Å². The lowest BCUT2D eigenvalue weighted by atomic mass is 9.87. The van der Waals surface area contributed by atoms with Gasteiger partial charge in [0.1, 0.15) is 10.6 Å². The molecule has 3 rings (SSSR count). The van der Waals surface area contributed by atoms with Gasteiger partial charge in [0.05, 0.1) is 4.70 Å². The zero-order valence-electron chi connectivity index (χ0n) is 15.7. The number of carbonyl (C=O) groups is 2. The number of nitrogens with one attached hydrogen (secondary N) is 1. The Hall–Kier alpha value is -2.15. The lowest BCUT2D eigenvalue weighted by molar-refractivity contribution is 0.112. The quantitative estimate of drug-likeness (QED) is 0.802. The fraction of sp³-hybridized carbons (Fsp3) is 0.526. The van der Waals surface area contributed by atoms with Crippen molar-refractivity contribution in [3.63, 3.8) is 0 Å². The van der Waals surface area contributed by atoms with Crippen LogP contribution in [0.5, 0.6) is 0 Å². The van der Waals surface area contributed by atoms with E-state index in [1.807, 2.05) is 13.8 Å². The van der Waals surface area contributed by atoms with Crippen LogP contribution >= 0.6 is 11.3 Å². The van der Waals surface area contributed by atoms with Gasteiger partial charge in [0.25, 0.3) is 0 Å². The first kappa shape index (κ1) is 20.2. The first-order valence-corrected chi connectivity index (χ1v) is 9.86. The monoisotopic (exact) mass is 378 g/mol. The molecule has 0 unspecified atom stereocenters. The number of aldehydes is 1. The lowest BCUT2D eigenvalue weighted by Gasteiger charge is -2.28. The Morgan fingerprint density at radius 1 is 1.27 bits per heavy atom. The smallest absolute Gasteiger partial charge is 0.346 e. The van der Waals surface area contributed by atoms with Crippen LogP contribution < -0.4 is 15.8 Å². The summed E-state index contributed by atoms with van der Waals surface area (Å²) < 4.78 is 5.79. The fourth-order valence-electron chi connectivity index (χ4n) is 2.94. The Balaban J connectivity index is 0.00000117. The van der Waals surface area contributed by atoms with Crippen molar-refractivity contribution in [1.82, 2.24) is 5.32 Å². The van der Waals surface area contributed by atoms with Crippen molar-refractivity contribution in [3.8, 4) is 0 Å². The third kappa shape index (κ3) is 4.52. The fourth-order valence-corrected chi connectivity index (χ4v) is 3.94. The van der Waals surface area contributed by atoms with Gasteiger partial charge in [-0.25, -0.2) is 9.59 Å². The van der Waals surface area contributed by atoms with Gasteiger partial charge in [-0.1, -0.05) is 20.8 Å². The molecule has 1 aliphatic rings. The molecule has 2 aromatic heterocycles. The molecule has 6 nitrogen and oxygen atoms in total. The highest BCUT2D eigenvalue weighted by molar-refractivity contribution is 7.22. The van der Waals surface area contributed by atoms with E-state index in [1.165, 1.54) is 22.3 Å². The van der Waals surface area contributed by atoms with E-state index in [2.05, 4.69) is 12.2 Å². The second kappa shape index (κ2) is 8.98. The number of fused-ring (bicyclic) bond motifs is 1. The van der Waals surface area contributed by atoms with Crippen LogP contribution in [0.3, 0.4) is 0 Å². The molecular weight excluding hydrogens is 352 g/mol. The van der Waals surface area contributed by atoms with Crippen LogP contribution in [0.1, 0.15) is 56.8 Å². The highest BCUT2D eigenvalue weighted by atomic mass is 32.1. The molecule has 0 spiro atoms. The average Bonchev–Trinajstić information content (AvgIpc) is 3.06. The van der Waals surface area contributed by atoms with Gasteiger partial charge in [-0.3, -0.25) is 9.69 Å². The van der Waals surface area contributed by atoms with Crippen LogP contribution in [-0.2, 0) is 0 Å². The minimum absolute atomic E-state index is 0.0145. The number of anilines is 1. The molecule has 1 saturated carbocycles. The second-order valence-corrected chi connectivity index (χ2v) is 7.45. The number of amides is 2. The molecule has 0 radical (unpaired) electrons. The number of rotatable bonds is 3. The van der Waals surface area contributed by atoms with E-state index in [-0.39, 0.29) is 17.6 Å². The van der Waals surface area contributed by atoms with E-state index in [4.69, 9.17) is 4.42 Å². The number of hydrogen-bond donors (Lipinski definition) is 1. The van der Waals surface area contributed by atoms with Crippen molar-refractivity contribution in [3.05, 3.63) is 28.1 Å². The third-order valence-electron chi connectivity index (χ3n) is 4.54. The van der Waals surface area contributed by atoms with E-state index >= 15 is 0 Å². The van der Waals surface area contributed by atoms with Crippen LogP contribution in [-0.4, -0.2) is 25.4 Å². The van der Waals surface area contributed by atoms with Gasteiger partial charge < -0.3 is 9.73 Å². The SMILES string of the molecule is CC.CC1CCC(NC(=O)N(C)c2cc3oc(=O)c(C=O)cc3s2)CC1. The van der Waals surface area contributed by atoms with Gasteiger partial charge >= 0.3 is 11.7 Å². The summed E-state index contributed by atoms with van der Waals surface area (Å²) in [5.41, 5.74) is -0.290. The Morgan fingerprint density at radius 3 is 2.54 bits per heavy atom. The normalized spacial score (nSPS) is 19.4. The molecule has 142 valence electrons. The molecule has 7 heteroatoms. The summed E-state index contributed by atoms with van der Waals surface area (Å²) in [5.74, 6) is 0.730. The predicted molar refractivity (Wildman–Crippen MR) is 105 cm³/mol. The predicted octanol–water partition coefficient (Wildman–Crippen LogP) is 4.42. The molecule has 0 saturated heterocycles. The van der Waals surface area contributed by atoms with Crippen LogP contribution in [0.25, 0.3) is 10.3 Å². The Bertz CT molecular complexity index is 819. The maximum absolute atomic E-state index is 12.4. The molecule has 1 N–H and O–H groups in total. The van der Waals surface area contributed by atoms with Crippen molar-refractivity contribution in [2.45, 2.75) is 52.5 Å². The lowest BCUT2D eigenvalue weighted by Crippen LogP contribution is -2.44. The number of hydrogen-bond acceptors (Lipinski definition) is 5. The molecule has 1 fully saturated rings. The van der Waals surface area contributed by atoms with Crippen molar-refractivity contribution >= 4 is 38.9 Å². The number of carbonyl (C=O) groups excluding carboxylic acids is 2. The number of nitrogens with zero attached hydrogens (tertiary/aromatic N) is 1. The Morgan fingerprint density at radius 2 is 1.92 bits per heavy atom. The molecule has 2 aromatic rings. The van der Waals surface area contributed by atoms with Crippen LogP contribution in [0.4, 0.5) is 9.80 Å². The summed E-state index contributed by atoms with van der Waals surface area (Å²) in [6, 6.07) is 3.19. The molecule has 26 heavy (non-hydrogen) atoms. The van der Waals surface area contributed by atoms with Gasteiger partial charge in [-0.05, 0) is 37.7 Å². The largest absolute Gasteiger partial charge is 0.421 e. The van der Waals surface area contributed by atoms with E-state index in [0.29, 0.717) is 21.6 Å². The van der Waals surface area contributed by atoms with Gasteiger partial charge in [0, 0.05) is 19.2 Å². The summed E-state index contributed by atoms with van der Waals surface area (Å²) >= 11 is 1.31. The zero-order chi connectivity index (χ0) is 19.3. The van der Waals surface area contributed by atoms with E-state index in [1.54, 1.807) is 13.1 Å². The first-order valence-electron chi connectivity index (χ1n) is 9.05. The van der Waals surface area contributed by atoms with Crippen molar-refractivity contribution in [1.29, 1.82) is 0 Å². The topological polar surface area (TPSA) is 79.6 Å². The Kier molecular flexibility index (Phi) is 6.97.